The standard InChI is InChI=1S/C10H21B2N5/c1-9(2)17-11(3)15(5)8-16(12(17)4)10-6-7-13-14-10/h6-7,9H,8H2,1-5H3,(H,13,14). The quantitative estimate of drug-likeness (QED) is 0.775. The minimum absolute atomic E-state index is 0.377. The lowest BCUT2D eigenvalue weighted by Gasteiger charge is -2.49. The normalized spacial score (nSPS) is 19.5. The van der Waals surface area contributed by atoms with Crippen molar-refractivity contribution in [2.45, 2.75) is 33.5 Å². The second-order valence-electron chi connectivity index (χ2n) is 5.11. The van der Waals surface area contributed by atoms with Crippen LogP contribution in [-0.2, 0) is 0 Å². The van der Waals surface area contributed by atoms with Gasteiger partial charge in [-0.1, -0.05) is 27.5 Å². The Balaban J connectivity index is 2.25. The number of nitrogens with one attached hydrogen (secondary N) is 1. The summed E-state index contributed by atoms with van der Waals surface area (Å²) in [4.78, 5) is 4.69. The van der Waals surface area contributed by atoms with Crippen LogP contribution >= 0.6 is 0 Å². The van der Waals surface area contributed by atoms with Crippen molar-refractivity contribution in [3.05, 3.63) is 12.3 Å². The third kappa shape index (κ3) is 2.21. The lowest BCUT2D eigenvalue weighted by Crippen LogP contribution is -2.70. The Bertz CT molecular complexity index is 356. The van der Waals surface area contributed by atoms with E-state index in [0.29, 0.717) is 20.0 Å². The number of aromatic nitrogens is 2. The van der Waals surface area contributed by atoms with Gasteiger partial charge in [-0.15, -0.1) is 0 Å². The molecule has 0 spiro atoms. The predicted molar refractivity (Wildman–Crippen MR) is 73.9 cm³/mol. The van der Waals surface area contributed by atoms with Crippen molar-refractivity contribution in [2.75, 3.05) is 18.5 Å². The van der Waals surface area contributed by atoms with Gasteiger partial charge in [-0.05, 0) is 19.2 Å². The van der Waals surface area contributed by atoms with Gasteiger partial charge in [0.25, 0.3) is 6.98 Å². The molecule has 0 bridgehead atoms. The molecule has 17 heavy (non-hydrogen) atoms. The lowest BCUT2D eigenvalue weighted by molar-refractivity contribution is 0.405. The Kier molecular flexibility index (Phi) is 3.49. The lowest BCUT2D eigenvalue weighted by atomic mass is 9.57. The van der Waals surface area contributed by atoms with Crippen LogP contribution in [0.2, 0.25) is 13.6 Å². The molecule has 1 aromatic heterocycles. The Hall–Kier alpha value is -0.940. The summed E-state index contributed by atoms with van der Waals surface area (Å²) in [6.45, 7) is 10.8. The van der Waals surface area contributed by atoms with Gasteiger partial charge >= 0.3 is 6.98 Å². The molecule has 0 aliphatic carbocycles. The van der Waals surface area contributed by atoms with Crippen LogP contribution in [0.25, 0.3) is 0 Å². The first-order valence-corrected chi connectivity index (χ1v) is 6.26. The maximum atomic E-state index is 4.04. The highest BCUT2D eigenvalue weighted by Gasteiger charge is 2.40. The zero-order valence-electron chi connectivity index (χ0n) is 11.4. The van der Waals surface area contributed by atoms with Crippen molar-refractivity contribution in [1.29, 1.82) is 0 Å². The molecule has 1 aromatic rings. The molecular weight excluding hydrogens is 212 g/mol. The number of rotatable bonds is 2. The highest BCUT2D eigenvalue weighted by atomic mass is 15.4. The first-order valence-electron chi connectivity index (χ1n) is 6.26. The molecule has 1 aliphatic heterocycles. The van der Waals surface area contributed by atoms with E-state index < -0.39 is 0 Å². The van der Waals surface area contributed by atoms with Crippen molar-refractivity contribution >= 4 is 19.8 Å². The second-order valence-corrected chi connectivity index (χ2v) is 5.11. The van der Waals surface area contributed by atoms with Crippen LogP contribution in [0.1, 0.15) is 13.8 Å². The number of aromatic amines is 1. The van der Waals surface area contributed by atoms with Gasteiger partial charge in [0.1, 0.15) is 5.82 Å². The summed E-state index contributed by atoms with van der Waals surface area (Å²) in [5.74, 6) is 1.09. The van der Waals surface area contributed by atoms with Crippen molar-refractivity contribution in [3.8, 4) is 0 Å². The van der Waals surface area contributed by atoms with E-state index in [4.69, 9.17) is 0 Å². The Morgan fingerprint density at radius 1 is 1.35 bits per heavy atom. The minimum atomic E-state index is 0.377. The Morgan fingerprint density at radius 2 is 2.06 bits per heavy atom. The first kappa shape index (κ1) is 12.5. The molecule has 1 saturated heterocycles. The van der Waals surface area contributed by atoms with Crippen LogP contribution in [-0.4, -0.2) is 53.5 Å². The summed E-state index contributed by atoms with van der Waals surface area (Å²) in [6, 6.07) is 2.55. The smallest absolute Gasteiger partial charge is 0.331 e. The van der Waals surface area contributed by atoms with E-state index in [-0.39, 0.29) is 0 Å². The highest BCUT2D eigenvalue weighted by molar-refractivity contribution is 6.73. The van der Waals surface area contributed by atoms with Gasteiger partial charge in [-0.2, -0.15) is 5.10 Å². The number of hydrogen-bond acceptors (Lipinski definition) is 4. The summed E-state index contributed by atoms with van der Waals surface area (Å²) in [5.41, 5.74) is 0. The number of anilines is 1. The molecule has 0 aromatic carbocycles. The van der Waals surface area contributed by atoms with E-state index in [1.807, 2.05) is 6.07 Å². The molecule has 92 valence electrons. The van der Waals surface area contributed by atoms with Gasteiger partial charge in [-0.25, -0.2) is 0 Å². The van der Waals surface area contributed by atoms with Crippen LogP contribution in [0, 0.1) is 0 Å². The van der Waals surface area contributed by atoms with Crippen LogP contribution in [0.5, 0.6) is 0 Å². The van der Waals surface area contributed by atoms with E-state index in [9.17, 15) is 0 Å². The third-order valence-corrected chi connectivity index (χ3v) is 3.72. The molecular formula is C10H21B2N5. The molecule has 0 radical (unpaired) electrons. The van der Waals surface area contributed by atoms with Crippen LogP contribution in [0.15, 0.2) is 12.3 Å². The molecule has 7 heteroatoms. The first-order chi connectivity index (χ1) is 8.02. The summed E-state index contributed by atoms with van der Waals surface area (Å²) in [7, 11) is 2.16. The fourth-order valence-electron chi connectivity index (χ4n) is 2.73. The van der Waals surface area contributed by atoms with E-state index in [1.165, 1.54) is 0 Å². The number of hydrogen-bond donors (Lipinski definition) is 1. The zero-order chi connectivity index (χ0) is 12.6. The zero-order valence-corrected chi connectivity index (χ0v) is 11.4. The average Bonchev–Trinajstić information content (AvgIpc) is 2.76. The SMILES string of the molecule is CB1N(C)CN(c2ccn[nH]2)B(C)N1C(C)C. The van der Waals surface area contributed by atoms with Crippen LogP contribution < -0.4 is 4.81 Å². The monoisotopic (exact) mass is 233 g/mol. The molecule has 1 aliphatic rings. The van der Waals surface area contributed by atoms with E-state index >= 15 is 0 Å². The molecule has 0 atom stereocenters. The molecule has 1 N–H and O–H groups in total. The summed E-state index contributed by atoms with van der Waals surface area (Å²) >= 11 is 0. The van der Waals surface area contributed by atoms with Gasteiger partial charge in [0.2, 0.25) is 0 Å². The van der Waals surface area contributed by atoms with Crippen LogP contribution in [0.4, 0.5) is 5.82 Å². The van der Waals surface area contributed by atoms with E-state index in [1.54, 1.807) is 6.20 Å². The molecule has 2 rings (SSSR count). The van der Waals surface area contributed by atoms with E-state index in [0.717, 1.165) is 12.5 Å². The van der Waals surface area contributed by atoms with Crippen molar-refractivity contribution < 1.29 is 0 Å². The summed E-state index contributed by atoms with van der Waals surface area (Å²) in [6.07, 6.45) is 1.81. The Morgan fingerprint density at radius 3 is 2.59 bits per heavy atom. The Labute approximate surface area is 104 Å². The van der Waals surface area contributed by atoms with Crippen LogP contribution in [0.3, 0.4) is 0 Å². The van der Waals surface area contributed by atoms with Gasteiger partial charge < -0.3 is 14.3 Å². The maximum absolute atomic E-state index is 4.04. The molecule has 0 unspecified atom stereocenters. The second kappa shape index (κ2) is 4.74. The molecule has 5 nitrogen and oxygen atoms in total. The number of H-pyrrole nitrogens is 1. The van der Waals surface area contributed by atoms with Gasteiger partial charge in [0, 0.05) is 0 Å². The van der Waals surface area contributed by atoms with Crippen molar-refractivity contribution in [2.24, 2.45) is 0 Å². The van der Waals surface area contributed by atoms with Gasteiger partial charge in [0.15, 0.2) is 0 Å². The van der Waals surface area contributed by atoms with Crippen molar-refractivity contribution in [1.82, 2.24) is 19.7 Å². The molecule has 2 heterocycles. The topological polar surface area (TPSA) is 38.4 Å². The fourth-order valence-corrected chi connectivity index (χ4v) is 2.73. The molecule has 1 fully saturated rings. The molecule has 0 saturated carbocycles. The molecule has 0 amide bonds. The minimum Gasteiger partial charge on any atom is -0.375 e. The van der Waals surface area contributed by atoms with Gasteiger partial charge in [-0.3, -0.25) is 5.10 Å². The summed E-state index contributed by atoms with van der Waals surface area (Å²) in [5, 5.41) is 7.10. The number of nitrogens with zero attached hydrogens (tertiary/aromatic N) is 4. The van der Waals surface area contributed by atoms with E-state index in [2.05, 4.69) is 59.1 Å². The highest BCUT2D eigenvalue weighted by Crippen LogP contribution is 2.22. The largest absolute Gasteiger partial charge is 0.375 e. The maximum Gasteiger partial charge on any atom is 0.331 e. The summed E-state index contributed by atoms with van der Waals surface area (Å²) < 4.78 is 2.50. The predicted octanol–water partition coefficient (Wildman–Crippen LogP) is 1.07. The fraction of sp³-hybridized carbons (Fsp3) is 0.700. The average molecular weight is 233 g/mol. The third-order valence-electron chi connectivity index (χ3n) is 3.72. The van der Waals surface area contributed by atoms with Crippen molar-refractivity contribution in [3.63, 3.8) is 0 Å². The van der Waals surface area contributed by atoms with Gasteiger partial charge in [0.05, 0.1) is 12.9 Å².